The second-order valence-electron chi connectivity index (χ2n) is 10.7. The molecule has 3 heterocycles. The monoisotopic (exact) mass is 493 g/mol. The first-order valence-corrected chi connectivity index (χ1v) is 13.7. The Kier molecular flexibility index (Phi) is 7.00. The molecule has 37 heavy (non-hydrogen) atoms. The molecule has 2 aromatic carbocycles. The van der Waals surface area contributed by atoms with Crippen LogP contribution in [0, 0.1) is 5.92 Å². The number of carbonyl (C=O) groups excluding carboxylic acids is 1. The van der Waals surface area contributed by atoms with Gasteiger partial charge in [-0.05, 0) is 80.3 Å². The average molecular weight is 494 g/mol. The number of rotatable bonds is 7. The third-order valence-electron chi connectivity index (χ3n) is 8.11. The van der Waals surface area contributed by atoms with E-state index in [1.165, 1.54) is 36.1 Å². The maximum absolute atomic E-state index is 13.0. The lowest BCUT2D eigenvalue weighted by atomic mass is 9.84. The van der Waals surface area contributed by atoms with Gasteiger partial charge in [0, 0.05) is 42.5 Å². The van der Waals surface area contributed by atoms with Crippen molar-refractivity contribution in [3.05, 3.63) is 95.4 Å². The number of benzene rings is 2. The highest BCUT2D eigenvalue weighted by Crippen LogP contribution is 2.28. The predicted molar refractivity (Wildman–Crippen MR) is 146 cm³/mol. The average Bonchev–Trinajstić information content (AvgIpc) is 3.34. The molecule has 0 bridgehead atoms. The second kappa shape index (κ2) is 10.9. The SMILES string of the molecule is O=C(N[C@H]1CC[C@H](CCN2CCc3cn(Cc4ccccc4)nc3C2)CC1)c1cccc2ncccc12. The predicted octanol–water partition coefficient (Wildman–Crippen LogP) is 5.22. The molecule has 0 radical (unpaired) electrons. The van der Waals surface area contributed by atoms with E-state index in [-0.39, 0.29) is 11.9 Å². The van der Waals surface area contributed by atoms with E-state index in [4.69, 9.17) is 5.10 Å². The lowest BCUT2D eigenvalue weighted by Gasteiger charge is -2.32. The number of fused-ring (bicyclic) bond motifs is 2. The van der Waals surface area contributed by atoms with Crippen molar-refractivity contribution in [3.8, 4) is 0 Å². The van der Waals surface area contributed by atoms with Crippen LogP contribution >= 0.6 is 0 Å². The van der Waals surface area contributed by atoms with Crippen LogP contribution in [-0.4, -0.2) is 44.7 Å². The van der Waals surface area contributed by atoms with Crippen LogP contribution in [0.3, 0.4) is 0 Å². The summed E-state index contributed by atoms with van der Waals surface area (Å²) in [6.07, 6.45) is 10.8. The van der Waals surface area contributed by atoms with Crippen LogP contribution in [0.4, 0.5) is 0 Å². The largest absolute Gasteiger partial charge is 0.349 e. The third-order valence-corrected chi connectivity index (χ3v) is 8.11. The molecule has 6 nitrogen and oxygen atoms in total. The fourth-order valence-corrected chi connectivity index (χ4v) is 5.98. The Bertz CT molecular complexity index is 1350. The maximum Gasteiger partial charge on any atom is 0.252 e. The lowest BCUT2D eigenvalue weighted by molar-refractivity contribution is 0.0921. The van der Waals surface area contributed by atoms with E-state index in [1.807, 2.05) is 30.3 Å². The van der Waals surface area contributed by atoms with Crippen molar-refractivity contribution in [2.24, 2.45) is 5.92 Å². The maximum atomic E-state index is 13.0. The number of aromatic nitrogens is 3. The topological polar surface area (TPSA) is 63.1 Å². The summed E-state index contributed by atoms with van der Waals surface area (Å²) in [6, 6.07) is 20.5. The van der Waals surface area contributed by atoms with E-state index >= 15 is 0 Å². The molecule has 1 N–H and O–H groups in total. The molecule has 0 saturated heterocycles. The molecule has 1 amide bonds. The molecule has 1 aliphatic carbocycles. The van der Waals surface area contributed by atoms with Crippen molar-refractivity contribution in [1.29, 1.82) is 0 Å². The van der Waals surface area contributed by atoms with Gasteiger partial charge in [-0.3, -0.25) is 19.4 Å². The molecule has 0 unspecified atom stereocenters. The molecule has 2 aliphatic rings. The smallest absolute Gasteiger partial charge is 0.252 e. The summed E-state index contributed by atoms with van der Waals surface area (Å²) in [5, 5.41) is 9.12. The first kappa shape index (κ1) is 23.9. The zero-order valence-corrected chi connectivity index (χ0v) is 21.4. The van der Waals surface area contributed by atoms with Crippen LogP contribution in [0.2, 0.25) is 0 Å². The van der Waals surface area contributed by atoms with Crippen LogP contribution < -0.4 is 5.32 Å². The Morgan fingerprint density at radius 1 is 0.973 bits per heavy atom. The molecular formula is C31H35N5O. The lowest BCUT2D eigenvalue weighted by Crippen LogP contribution is -2.38. The van der Waals surface area contributed by atoms with Gasteiger partial charge < -0.3 is 5.32 Å². The molecule has 6 heteroatoms. The summed E-state index contributed by atoms with van der Waals surface area (Å²) in [5.74, 6) is 0.768. The molecule has 1 fully saturated rings. The highest BCUT2D eigenvalue weighted by atomic mass is 16.1. The Hall–Kier alpha value is -3.51. The van der Waals surface area contributed by atoms with E-state index in [1.54, 1.807) is 6.20 Å². The van der Waals surface area contributed by atoms with Crippen LogP contribution in [-0.2, 0) is 19.5 Å². The molecule has 0 atom stereocenters. The van der Waals surface area contributed by atoms with Crippen LogP contribution in [0.1, 0.15) is 59.3 Å². The van der Waals surface area contributed by atoms with Gasteiger partial charge in [-0.1, -0.05) is 42.5 Å². The molecule has 0 spiro atoms. The Morgan fingerprint density at radius 2 is 1.84 bits per heavy atom. The third kappa shape index (κ3) is 5.59. The number of pyridine rings is 1. The van der Waals surface area contributed by atoms with Crippen molar-refractivity contribution >= 4 is 16.8 Å². The summed E-state index contributed by atoms with van der Waals surface area (Å²) in [7, 11) is 0. The first-order valence-electron chi connectivity index (χ1n) is 13.7. The summed E-state index contributed by atoms with van der Waals surface area (Å²) >= 11 is 0. The zero-order valence-electron chi connectivity index (χ0n) is 21.4. The molecule has 190 valence electrons. The summed E-state index contributed by atoms with van der Waals surface area (Å²) in [5.41, 5.74) is 5.54. The Morgan fingerprint density at radius 3 is 2.70 bits per heavy atom. The number of carbonyl (C=O) groups is 1. The quantitative estimate of drug-likeness (QED) is 0.384. The fraction of sp³-hybridized carbons (Fsp3) is 0.387. The normalized spacial score (nSPS) is 20.0. The first-order chi connectivity index (χ1) is 18.2. The van der Waals surface area contributed by atoms with Gasteiger partial charge in [0.15, 0.2) is 0 Å². The number of hydrogen-bond donors (Lipinski definition) is 1. The highest BCUT2D eigenvalue weighted by molar-refractivity contribution is 6.06. The Balaban J connectivity index is 0.962. The van der Waals surface area contributed by atoms with E-state index in [2.05, 4.69) is 56.4 Å². The number of nitrogens with zero attached hydrogens (tertiary/aromatic N) is 4. The van der Waals surface area contributed by atoms with Gasteiger partial charge in [-0.2, -0.15) is 5.10 Å². The minimum atomic E-state index is 0.0258. The minimum Gasteiger partial charge on any atom is -0.349 e. The van der Waals surface area contributed by atoms with Crippen LogP contribution in [0.25, 0.3) is 10.9 Å². The fourth-order valence-electron chi connectivity index (χ4n) is 5.98. The van der Waals surface area contributed by atoms with Crippen molar-refractivity contribution < 1.29 is 4.79 Å². The van der Waals surface area contributed by atoms with Crippen LogP contribution in [0.15, 0.2) is 73.1 Å². The molecule has 1 aliphatic heterocycles. The van der Waals surface area contributed by atoms with Gasteiger partial charge in [0.2, 0.25) is 0 Å². The van der Waals surface area contributed by atoms with Crippen molar-refractivity contribution in [2.45, 2.75) is 57.7 Å². The standard InChI is InChI=1S/C31H35N5O/c37-31(28-8-4-10-29-27(28)9-5-17-32-29)33-26-13-11-23(12-14-26)15-18-35-19-16-25-21-36(34-30(25)22-35)20-24-6-2-1-3-7-24/h1-10,17,21,23,26H,11-16,18-20,22H2,(H,33,37)/t23-,26-. The second-order valence-corrected chi connectivity index (χ2v) is 10.7. The summed E-state index contributed by atoms with van der Waals surface area (Å²) in [6.45, 7) is 4.05. The number of amides is 1. The minimum absolute atomic E-state index is 0.0258. The number of hydrogen-bond acceptors (Lipinski definition) is 4. The van der Waals surface area contributed by atoms with Gasteiger partial charge in [-0.15, -0.1) is 0 Å². The van der Waals surface area contributed by atoms with Gasteiger partial charge in [0.1, 0.15) is 0 Å². The van der Waals surface area contributed by atoms with E-state index in [0.717, 1.165) is 67.8 Å². The summed E-state index contributed by atoms with van der Waals surface area (Å²) < 4.78 is 2.10. The van der Waals surface area contributed by atoms with Gasteiger partial charge in [-0.25, -0.2) is 0 Å². The molecule has 2 aromatic heterocycles. The van der Waals surface area contributed by atoms with Crippen molar-refractivity contribution in [1.82, 2.24) is 25.0 Å². The molecule has 1 saturated carbocycles. The van der Waals surface area contributed by atoms with Gasteiger partial charge in [0.05, 0.1) is 17.8 Å². The molecule has 4 aromatic rings. The Labute approximate surface area is 218 Å². The van der Waals surface area contributed by atoms with E-state index < -0.39 is 0 Å². The van der Waals surface area contributed by atoms with E-state index in [0.29, 0.717) is 0 Å². The zero-order chi connectivity index (χ0) is 25.0. The highest BCUT2D eigenvalue weighted by Gasteiger charge is 2.25. The van der Waals surface area contributed by atoms with Crippen LogP contribution in [0.5, 0.6) is 0 Å². The van der Waals surface area contributed by atoms with Crippen molar-refractivity contribution in [3.63, 3.8) is 0 Å². The van der Waals surface area contributed by atoms with Gasteiger partial charge in [0.25, 0.3) is 5.91 Å². The molecular weight excluding hydrogens is 458 g/mol. The van der Waals surface area contributed by atoms with E-state index in [9.17, 15) is 4.79 Å². The van der Waals surface area contributed by atoms with Gasteiger partial charge >= 0.3 is 0 Å². The number of nitrogens with one attached hydrogen (secondary N) is 1. The van der Waals surface area contributed by atoms with Crippen molar-refractivity contribution in [2.75, 3.05) is 13.1 Å². The molecule has 6 rings (SSSR count). The summed E-state index contributed by atoms with van der Waals surface area (Å²) in [4.78, 5) is 19.9.